The molecule has 0 N–H and O–H groups in total. The minimum absolute atomic E-state index is 0.764. The summed E-state index contributed by atoms with van der Waals surface area (Å²) in [4.78, 5) is 0. The van der Waals surface area contributed by atoms with Gasteiger partial charge >= 0.3 is 0 Å². The lowest BCUT2D eigenvalue weighted by molar-refractivity contribution is 0.358. The molecule has 3 rings (SSSR count). The van der Waals surface area contributed by atoms with Crippen molar-refractivity contribution in [3.05, 3.63) is 48.5 Å². The van der Waals surface area contributed by atoms with Crippen molar-refractivity contribution in [3.63, 3.8) is 0 Å². The van der Waals surface area contributed by atoms with E-state index in [9.17, 15) is 0 Å². The van der Waals surface area contributed by atoms with Gasteiger partial charge in [-0.2, -0.15) is 0 Å². The Hall–Kier alpha value is -2.22. The summed E-state index contributed by atoms with van der Waals surface area (Å²) in [6.07, 6.45) is 0. The second kappa shape index (κ2) is 4.22. The molecule has 3 aromatic carbocycles. The third-order valence-electron chi connectivity index (χ3n) is 3.22. The molecule has 0 saturated carbocycles. The number of hydrogen-bond acceptors (Lipinski definition) is 2. The quantitative estimate of drug-likeness (QED) is 0.628. The highest BCUT2D eigenvalue weighted by Crippen LogP contribution is 2.37. The van der Waals surface area contributed by atoms with Crippen molar-refractivity contribution < 1.29 is 9.47 Å². The van der Waals surface area contributed by atoms with E-state index in [2.05, 4.69) is 36.4 Å². The zero-order chi connectivity index (χ0) is 12.5. The van der Waals surface area contributed by atoms with E-state index < -0.39 is 0 Å². The highest BCUT2D eigenvalue weighted by atomic mass is 16.5. The highest BCUT2D eigenvalue weighted by Gasteiger charge is 2.09. The van der Waals surface area contributed by atoms with Crippen molar-refractivity contribution in [1.29, 1.82) is 0 Å². The van der Waals surface area contributed by atoms with Gasteiger partial charge in [0.2, 0.25) is 0 Å². The molecule has 0 unspecified atom stereocenters. The molecule has 18 heavy (non-hydrogen) atoms. The lowest BCUT2D eigenvalue weighted by Crippen LogP contribution is -1.91. The topological polar surface area (TPSA) is 18.5 Å². The maximum Gasteiger partial charge on any atom is 0.168 e. The van der Waals surface area contributed by atoms with Crippen LogP contribution in [0, 0.1) is 0 Å². The van der Waals surface area contributed by atoms with Crippen LogP contribution in [0.5, 0.6) is 11.5 Å². The molecule has 0 aromatic heterocycles. The van der Waals surface area contributed by atoms with Crippen LogP contribution in [0.4, 0.5) is 0 Å². The molecule has 0 saturated heterocycles. The van der Waals surface area contributed by atoms with Crippen molar-refractivity contribution >= 4 is 21.5 Å². The van der Waals surface area contributed by atoms with Crippen LogP contribution in [0.15, 0.2) is 48.5 Å². The van der Waals surface area contributed by atoms with Crippen molar-refractivity contribution in [2.45, 2.75) is 0 Å². The molecule has 2 heteroatoms. The van der Waals surface area contributed by atoms with Gasteiger partial charge in [-0.15, -0.1) is 0 Å². The molecule has 2 nitrogen and oxygen atoms in total. The molecule has 0 aliphatic heterocycles. The summed E-state index contributed by atoms with van der Waals surface area (Å²) in [5.74, 6) is 1.56. The predicted octanol–water partition coefficient (Wildman–Crippen LogP) is 4.01. The molecule has 90 valence electrons. The largest absolute Gasteiger partial charge is 0.493 e. The van der Waals surface area contributed by atoms with Gasteiger partial charge in [-0.05, 0) is 34.4 Å². The third kappa shape index (κ3) is 1.58. The maximum atomic E-state index is 5.47. The molecule has 3 aromatic rings. The highest BCUT2D eigenvalue weighted by molar-refractivity contribution is 6.01. The van der Waals surface area contributed by atoms with Gasteiger partial charge in [0.25, 0.3) is 0 Å². The Labute approximate surface area is 106 Å². The Morgan fingerprint density at radius 3 is 2.11 bits per heavy atom. The number of fused-ring (bicyclic) bond motifs is 2. The summed E-state index contributed by atoms with van der Waals surface area (Å²) in [7, 11) is 3.33. The Morgan fingerprint density at radius 2 is 1.44 bits per heavy atom. The molecule has 0 aliphatic rings. The van der Waals surface area contributed by atoms with Crippen LogP contribution in [-0.2, 0) is 0 Å². The zero-order valence-corrected chi connectivity index (χ0v) is 10.4. The molecule has 0 aliphatic carbocycles. The van der Waals surface area contributed by atoms with E-state index in [1.807, 2.05) is 12.1 Å². The van der Waals surface area contributed by atoms with Gasteiger partial charge in [-0.3, -0.25) is 0 Å². The van der Waals surface area contributed by atoms with E-state index in [0.717, 1.165) is 22.3 Å². The van der Waals surface area contributed by atoms with Crippen molar-refractivity contribution in [2.24, 2.45) is 0 Å². The van der Waals surface area contributed by atoms with E-state index in [-0.39, 0.29) is 0 Å². The molecular weight excluding hydrogens is 224 g/mol. The Balaban J connectivity index is 2.42. The van der Waals surface area contributed by atoms with Crippen molar-refractivity contribution in [1.82, 2.24) is 0 Å². The van der Waals surface area contributed by atoms with Gasteiger partial charge in [0.15, 0.2) is 11.5 Å². The van der Waals surface area contributed by atoms with E-state index in [1.54, 1.807) is 14.2 Å². The molecule has 0 atom stereocenters. The summed E-state index contributed by atoms with van der Waals surface area (Å²) in [5.41, 5.74) is 0. The fourth-order valence-electron chi connectivity index (χ4n) is 2.34. The monoisotopic (exact) mass is 238 g/mol. The van der Waals surface area contributed by atoms with E-state index >= 15 is 0 Å². The standard InChI is InChI=1S/C16H14O2/c1-17-15-8-7-13-9-11-5-3-4-6-12(11)10-14(13)16(15)18-2/h3-10H,1-2H3. The second-order valence-corrected chi connectivity index (χ2v) is 4.22. The summed E-state index contributed by atoms with van der Waals surface area (Å²) >= 11 is 0. The predicted molar refractivity (Wildman–Crippen MR) is 74.6 cm³/mol. The summed E-state index contributed by atoms with van der Waals surface area (Å²) in [5, 5.41) is 4.68. The van der Waals surface area contributed by atoms with Gasteiger partial charge in [-0.25, -0.2) is 0 Å². The molecule has 0 heterocycles. The first-order valence-corrected chi connectivity index (χ1v) is 5.87. The number of ether oxygens (including phenoxy) is 2. The van der Waals surface area contributed by atoms with E-state index in [4.69, 9.17) is 9.47 Å². The summed E-state index contributed by atoms with van der Waals surface area (Å²) in [6, 6.07) is 16.6. The number of methoxy groups -OCH3 is 2. The van der Waals surface area contributed by atoms with E-state index in [1.165, 1.54) is 10.8 Å². The van der Waals surface area contributed by atoms with Crippen LogP contribution in [0.25, 0.3) is 21.5 Å². The van der Waals surface area contributed by atoms with Gasteiger partial charge < -0.3 is 9.47 Å². The Kier molecular flexibility index (Phi) is 2.56. The first-order valence-electron chi connectivity index (χ1n) is 5.87. The minimum Gasteiger partial charge on any atom is -0.493 e. The Bertz CT molecular complexity index is 717. The first-order chi connectivity index (χ1) is 8.83. The van der Waals surface area contributed by atoms with Crippen LogP contribution >= 0.6 is 0 Å². The molecule has 0 amide bonds. The average molecular weight is 238 g/mol. The fourth-order valence-corrected chi connectivity index (χ4v) is 2.34. The van der Waals surface area contributed by atoms with E-state index in [0.29, 0.717) is 0 Å². The molecule has 0 radical (unpaired) electrons. The van der Waals surface area contributed by atoms with Gasteiger partial charge in [0.05, 0.1) is 14.2 Å². The lowest BCUT2D eigenvalue weighted by Gasteiger charge is -2.11. The summed E-state index contributed by atoms with van der Waals surface area (Å²) < 4.78 is 10.8. The van der Waals surface area contributed by atoms with Crippen LogP contribution in [0.1, 0.15) is 0 Å². The smallest absolute Gasteiger partial charge is 0.168 e. The van der Waals surface area contributed by atoms with Crippen molar-refractivity contribution in [2.75, 3.05) is 14.2 Å². The molecule has 0 fully saturated rings. The van der Waals surface area contributed by atoms with Crippen molar-refractivity contribution in [3.8, 4) is 11.5 Å². The second-order valence-electron chi connectivity index (χ2n) is 4.22. The first kappa shape index (κ1) is 10.9. The maximum absolute atomic E-state index is 5.47. The molecule has 0 spiro atoms. The molecular formula is C16H14O2. The van der Waals surface area contributed by atoms with Crippen LogP contribution < -0.4 is 9.47 Å². The van der Waals surface area contributed by atoms with Gasteiger partial charge in [0, 0.05) is 5.39 Å². The van der Waals surface area contributed by atoms with Crippen LogP contribution in [0.2, 0.25) is 0 Å². The fraction of sp³-hybridized carbons (Fsp3) is 0.125. The number of rotatable bonds is 2. The minimum atomic E-state index is 0.764. The molecule has 0 bridgehead atoms. The number of hydrogen-bond donors (Lipinski definition) is 0. The Morgan fingerprint density at radius 1 is 0.722 bits per heavy atom. The lowest BCUT2D eigenvalue weighted by atomic mass is 10.0. The van der Waals surface area contributed by atoms with Gasteiger partial charge in [-0.1, -0.05) is 30.3 Å². The van der Waals surface area contributed by atoms with Crippen LogP contribution in [0.3, 0.4) is 0 Å². The SMILES string of the molecule is COc1ccc2cc3ccccc3cc2c1OC. The van der Waals surface area contributed by atoms with Crippen LogP contribution in [-0.4, -0.2) is 14.2 Å². The number of benzene rings is 3. The summed E-state index contributed by atoms with van der Waals surface area (Å²) in [6.45, 7) is 0. The average Bonchev–Trinajstić information content (AvgIpc) is 2.43. The van der Waals surface area contributed by atoms with Gasteiger partial charge in [0.1, 0.15) is 0 Å². The normalized spacial score (nSPS) is 10.8. The zero-order valence-electron chi connectivity index (χ0n) is 10.4. The third-order valence-corrected chi connectivity index (χ3v) is 3.22.